The van der Waals surface area contributed by atoms with Gasteiger partial charge in [-0.3, -0.25) is 4.90 Å². The van der Waals surface area contributed by atoms with Gasteiger partial charge in [0.1, 0.15) is 11.6 Å². The molecule has 5 rings (SSSR count). The molecule has 0 bridgehead atoms. The molecular formula is C38H48N6O4. The minimum Gasteiger partial charge on any atom is -0.493 e. The molecule has 1 fully saturated rings. The quantitative estimate of drug-likeness (QED) is 0.163. The van der Waals surface area contributed by atoms with Crippen LogP contribution in [0.2, 0.25) is 0 Å². The molecular weight excluding hydrogens is 604 g/mol. The summed E-state index contributed by atoms with van der Waals surface area (Å²) in [5, 5.41) is 3.27. The number of rotatable bonds is 12. The summed E-state index contributed by atoms with van der Waals surface area (Å²) in [6.45, 7) is 16.3. The highest BCUT2D eigenvalue weighted by Crippen LogP contribution is 2.32. The fourth-order valence-electron chi connectivity index (χ4n) is 5.95. The number of carbonyl (C=O) groups is 1. The summed E-state index contributed by atoms with van der Waals surface area (Å²) in [5.74, 6) is 2.59. The second-order valence-corrected chi connectivity index (χ2v) is 12.7. The predicted octanol–water partition coefficient (Wildman–Crippen LogP) is 6.99. The number of hydrogen-bond acceptors (Lipinski definition) is 9. The van der Waals surface area contributed by atoms with E-state index in [2.05, 4.69) is 45.3 Å². The van der Waals surface area contributed by atoms with Crippen molar-refractivity contribution in [1.82, 2.24) is 19.8 Å². The van der Waals surface area contributed by atoms with Gasteiger partial charge in [0.25, 0.3) is 0 Å². The maximum absolute atomic E-state index is 13.9. The Morgan fingerprint density at radius 2 is 1.62 bits per heavy atom. The predicted molar refractivity (Wildman–Crippen MR) is 191 cm³/mol. The topological polar surface area (TPSA) is 92.3 Å². The Labute approximate surface area is 284 Å². The maximum Gasteiger partial charge on any atom is 0.421 e. The molecule has 1 aliphatic rings. The Balaban J connectivity index is 1.31. The molecule has 1 aromatic heterocycles. The summed E-state index contributed by atoms with van der Waals surface area (Å²) in [7, 11) is 3.79. The van der Waals surface area contributed by atoms with E-state index in [0.717, 1.165) is 78.2 Å². The Morgan fingerprint density at radius 3 is 2.35 bits per heavy atom. The fourth-order valence-corrected chi connectivity index (χ4v) is 5.95. The standard InChI is InChI=1S/C38H48N6O4/c1-26-9-10-28(3)31(23-26)25-44(38(45)48-36-29(4)21-27(2)22-30(36)5)35-13-14-39-37(41-35)40-32-11-12-33(34(24-32)46-7)47-20-8-15-43-18-16-42(6)17-19-43/h9-14,21-24H,8,15-20,25H2,1-7H3,(H,39,40,41). The van der Waals surface area contributed by atoms with Gasteiger partial charge in [0.15, 0.2) is 11.5 Å². The molecule has 1 amide bonds. The van der Waals surface area contributed by atoms with Gasteiger partial charge >= 0.3 is 6.09 Å². The summed E-state index contributed by atoms with van der Waals surface area (Å²) in [6.07, 6.45) is 2.05. The van der Waals surface area contributed by atoms with Crippen molar-refractivity contribution in [3.8, 4) is 17.2 Å². The summed E-state index contributed by atoms with van der Waals surface area (Å²) in [5.41, 5.74) is 6.81. The van der Waals surface area contributed by atoms with Gasteiger partial charge in [-0.25, -0.2) is 9.78 Å². The van der Waals surface area contributed by atoms with E-state index < -0.39 is 6.09 Å². The van der Waals surface area contributed by atoms with Crippen LogP contribution in [0, 0.1) is 34.6 Å². The van der Waals surface area contributed by atoms with E-state index in [4.69, 9.17) is 19.2 Å². The van der Waals surface area contributed by atoms with Crippen LogP contribution in [0.15, 0.2) is 60.8 Å². The number of aromatic nitrogens is 2. The highest BCUT2D eigenvalue weighted by atomic mass is 16.6. The molecule has 0 unspecified atom stereocenters. The molecule has 48 heavy (non-hydrogen) atoms. The van der Waals surface area contributed by atoms with E-state index >= 15 is 0 Å². The third-order valence-electron chi connectivity index (χ3n) is 8.66. The lowest BCUT2D eigenvalue weighted by Gasteiger charge is -2.32. The minimum atomic E-state index is -0.522. The van der Waals surface area contributed by atoms with Crippen LogP contribution >= 0.6 is 0 Å². The van der Waals surface area contributed by atoms with Crippen molar-refractivity contribution in [3.05, 3.63) is 94.2 Å². The third-order valence-corrected chi connectivity index (χ3v) is 8.66. The number of nitrogens with one attached hydrogen (secondary N) is 1. The molecule has 3 aromatic carbocycles. The molecule has 0 spiro atoms. The number of likely N-dealkylation sites (N-methyl/N-ethyl adjacent to an activating group) is 1. The lowest BCUT2D eigenvalue weighted by Crippen LogP contribution is -2.44. The second kappa shape index (κ2) is 16.0. The van der Waals surface area contributed by atoms with Gasteiger partial charge in [-0.15, -0.1) is 0 Å². The first-order chi connectivity index (χ1) is 23.1. The van der Waals surface area contributed by atoms with E-state index in [1.54, 1.807) is 24.3 Å². The number of carbonyl (C=O) groups excluding carboxylic acids is 1. The molecule has 10 nitrogen and oxygen atoms in total. The van der Waals surface area contributed by atoms with Crippen molar-refractivity contribution in [2.24, 2.45) is 0 Å². The molecule has 254 valence electrons. The molecule has 0 radical (unpaired) electrons. The van der Waals surface area contributed by atoms with Crippen molar-refractivity contribution in [2.75, 3.05) is 63.7 Å². The molecule has 0 atom stereocenters. The van der Waals surface area contributed by atoms with Gasteiger partial charge in [0.2, 0.25) is 5.95 Å². The van der Waals surface area contributed by atoms with E-state index in [1.807, 2.05) is 65.0 Å². The number of hydrogen-bond donors (Lipinski definition) is 1. The number of ether oxygens (including phenoxy) is 3. The average molecular weight is 653 g/mol. The minimum absolute atomic E-state index is 0.279. The Hall–Kier alpha value is -4.67. The lowest BCUT2D eigenvalue weighted by molar-refractivity contribution is 0.145. The number of nitrogens with zero attached hydrogens (tertiary/aromatic N) is 5. The number of benzene rings is 3. The first-order valence-electron chi connectivity index (χ1n) is 16.5. The van der Waals surface area contributed by atoms with Crippen LogP contribution < -0.4 is 24.4 Å². The zero-order chi connectivity index (χ0) is 34.2. The van der Waals surface area contributed by atoms with Gasteiger partial charge in [-0.1, -0.05) is 41.5 Å². The first kappa shape index (κ1) is 34.7. The smallest absolute Gasteiger partial charge is 0.421 e. The average Bonchev–Trinajstić information content (AvgIpc) is 3.06. The van der Waals surface area contributed by atoms with Gasteiger partial charge in [-0.05, 0) is 88.5 Å². The van der Waals surface area contributed by atoms with Crippen LogP contribution in [0.3, 0.4) is 0 Å². The number of piperazine rings is 1. The monoisotopic (exact) mass is 652 g/mol. The largest absolute Gasteiger partial charge is 0.493 e. The summed E-state index contributed by atoms with van der Waals surface area (Å²) in [6, 6.07) is 17.6. The first-order valence-corrected chi connectivity index (χ1v) is 16.5. The lowest BCUT2D eigenvalue weighted by atomic mass is 10.1. The molecule has 0 saturated carbocycles. The summed E-state index contributed by atoms with van der Waals surface area (Å²) in [4.78, 5) is 29.5. The van der Waals surface area contributed by atoms with Crippen molar-refractivity contribution in [3.63, 3.8) is 0 Å². The van der Waals surface area contributed by atoms with Crippen molar-refractivity contribution in [1.29, 1.82) is 0 Å². The summed E-state index contributed by atoms with van der Waals surface area (Å²) < 4.78 is 17.8. The highest BCUT2D eigenvalue weighted by Gasteiger charge is 2.23. The Kier molecular flexibility index (Phi) is 11.5. The van der Waals surface area contributed by atoms with Crippen molar-refractivity contribution >= 4 is 23.5 Å². The fraction of sp³-hybridized carbons (Fsp3) is 0.395. The zero-order valence-corrected chi connectivity index (χ0v) is 29.3. The molecule has 10 heteroatoms. The Morgan fingerprint density at radius 1 is 0.875 bits per heavy atom. The van der Waals surface area contributed by atoms with Crippen LogP contribution in [-0.2, 0) is 6.54 Å². The molecule has 4 aromatic rings. The van der Waals surface area contributed by atoms with Gasteiger partial charge in [0, 0.05) is 50.7 Å². The van der Waals surface area contributed by atoms with Crippen LogP contribution in [-0.4, -0.2) is 79.3 Å². The summed E-state index contributed by atoms with van der Waals surface area (Å²) >= 11 is 0. The van der Waals surface area contributed by atoms with E-state index in [9.17, 15) is 4.79 Å². The van der Waals surface area contributed by atoms with E-state index in [-0.39, 0.29) is 6.54 Å². The van der Waals surface area contributed by atoms with E-state index in [0.29, 0.717) is 35.6 Å². The highest BCUT2D eigenvalue weighted by molar-refractivity contribution is 5.88. The van der Waals surface area contributed by atoms with Crippen LogP contribution in [0.4, 0.5) is 22.2 Å². The molecule has 0 aliphatic carbocycles. The van der Waals surface area contributed by atoms with Crippen LogP contribution in [0.25, 0.3) is 0 Å². The van der Waals surface area contributed by atoms with Crippen LogP contribution in [0.1, 0.15) is 39.8 Å². The molecule has 1 saturated heterocycles. The number of amides is 1. The van der Waals surface area contributed by atoms with Gasteiger partial charge < -0.3 is 29.3 Å². The Bertz CT molecular complexity index is 1700. The number of anilines is 3. The number of aryl methyl sites for hydroxylation is 5. The van der Waals surface area contributed by atoms with E-state index in [1.165, 1.54) is 0 Å². The zero-order valence-electron chi connectivity index (χ0n) is 29.3. The second-order valence-electron chi connectivity index (χ2n) is 12.7. The van der Waals surface area contributed by atoms with Crippen molar-refractivity contribution < 1.29 is 19.0 Å². The maximum atomic E-state index is 13.9. The molecule has 1 N–H and O–H groups in total. The van der Waals surface area contributed by atoms with Gasteiger partial charge in [0.05, 0.1) is 20.3 Å². The SMILES string of the molecule is COc1cc(Nc2nccc(N(Cc3cc(C)ccc3C)C(=O)Oc3c(C)cc(C)cc3C)n2)ccc1OCCCN1CCN(C)CC1. The molecule has 1 aliphatic heterocycles. The number of methoxy groups -OCH3 is 1. The third kappa shape index (κ3) is 9.02. The van der Waals surface area contributed by atoms with Crippen LogP contribution in [0.5, 0.6) is 17.2 Å². The normalized spacial score (nSPS) is 13.6. The van der Waals surface area contributed by atoms with Crippen molar-refractivity contribution in [2.45, 2.75) is 47.6 Å². The molecule has 2 heterocycles. The van der Waals surface area contributed by atoms with Gasteiger partial charge in [-0.2, -0.15) is 4.98 Å².